The largest absolute Gasteiger partial charge is 0.495 e. The number of hydrogen-bond acceptors (Lipinski definition) is 5. The minimum absolute atomic E-state index is 0.198. The molecule has 2 aromatic heterocycles. The van der Waals surface area contributed by atoms with E-state index in [1.807, 2.05) is 18.2 Å². The Morgan fingerprint density at radius 2 is 1.96 bits per heavy atom. The van der Waals surface area contributed by atoms with E-state index in [9.17, 15) is 4.79 Å². The standard InChI is InChI=1S/C20H15ClO5/c1-11-8-15(22)16-17(23-2)14-6-7-24-18(14)20(19(16)26-11)25-10-12-4-3-5-13(21)9-12/h3-9H,10H2,1-2H3. The number of aryl methyl sites for hydroxylation is 1. The Hall–Kier alpha value is -2.92. The van der Waals surface area contributed by atoms with E-state index in [0.717, 1.165) is 5.56 Å². The lowest BCUT2D eigenvalue weighted by atomic mass is 10.1. The number of halogens is 1. The third-order valence-corrected chi connectivity index (χ3v) is 4.33. The Balaban J connectivity index is 1.94. The van der Waals surface area contributed by atoms with E-state index < -0.39 is 0 Å². The molecule has 26 heavy (non-hydrogen) atoms. The summed E-state index contributed by atoms with van der Waals surface area (Å²) in [5.74, 6) is 1.25. The molecule has 2 aromatic carbocycles. The Labute approximate surface area is 153 Å². The van der Waals surface area contributed by atoms with E-state index in [1.165, 1.54) is 19.4 Å². The summed E-state index contributed by atoms with van der Waals surface area (Å²) in [6, 6.07) is 10.5. The van der Waals surface area contributed by atoms with Crippen LogP contribution in [-0.4, -0.2) is 7.11 Å². The zero-order chi connectivity index (χ0) is 18.3. The molecule has 0 radical (unpaired) electrons. The lowest BCUT2D eigenvalue weighted by Gasteiger charge is -2.13. The summed E-state index contributed by atoms with van der Waals surface area (Å²) >= 11 is 6.03. The summed E-state index contributed by atoms with van der Waals surface area (Å²) in [5.41, 5.74) is 1.45. The molecule has 0 N–H and O–H groups in total. The molecule has 0 bridgehead atoms. The molecule has 0 aliphatic heterocycles. The summed E-state index contributed by atoms with van der Waals surface area (Å²) in [6.45, 7) is 1.95. The second-order valence-electron chi connectivity index (χ2n) is 5.87. The fourth-order valence-corrected chi connectivity index (χ4v) is 3.22. The van der Waals surface area contributed by atoms with E-state index in [2.05, 4.69) is 0 Å². The molecule has 6 heteroatoms. The van der Waals surface area contributed by atoms with Crippen LogP contribution in [0.15, 0.2) is 56.3 Å². The van der Waals surface area contributed by atoms with E-state index in [4.69, 9.17) is 29.9 Å². The van der Waals surface area contributed by atoms with Crippen molar-refractivity contribution in [1.29, 1.82) is 0 Å². The second-order valence-corrected chi connectivity index (χ2v) is 6.31. The molecule has 0 unspecified atom stereocenters. The van der Waals surface area contributed by atoms with Gasteiger partial charge in [0.15, 0.2) is 16.6 Å². The highest BCUT2D eigenvalue weighted by Gasteiger charge is 2.22. The van der Waals surface area contributed by atoms with Gasteiger partial charge in [-0.15, -0.1) is 0 Å². The topological polar surface area (TPSA) is 61.8 Å². The Morgan fingerprint density at radius 1 is 1.12 bits per heavy atom. The first-order chi connectivity index (χ1) is 12.6. The minimum Gasteiger partial charge on any atom is -0.495 e. The first-order valence-electron chi connectivity index (χ1n) is 7.97. The van der Waals surface area contributed by atoms with E-state index >= 15 is 0 Å². The molecule has 2 heterocycles. The van der Waals surface area contributed by atoms with E-state index in [1.54, 1.807) is 19.1 Å². The number of furan rings is 1. The first-order valence-corrected chi connectivity index (χ1v) is 8.35. The van der Waals surface area contributed by atoms with Crippen LogP contribution in [0.2, 0.25) is 5.02 Å². The fraction of sp³-hybridized carbons (Fsp3) is 0.150. The van der Waals surface area contributed by atoms with Gasteiger partial charge in [-0.05, 0) is 30.7 Å². The van der Waals surface area contributed by atoms with Crippen molar-refractivity contribution >= 4 is 33.5 Å². The molecular formula is C20H15ClO5. The molecule has 0 aliphatic carbocycles. The van der Waals surface area contributed by atoms with Gasteiger partial charge in [-0.2, -0.15) is 0 Å². The van der Waals surface area contributed by atoms with Gasteiger partial charge in [0, 0.05) is 11.1 Å². The summed E-state index contributed by atoms with van der Waals surface area (Å²) in [6.07, 6.45) is 1.52. The van der Waals surface area contributed by atoms with Gasteiger partial charge in [-0.3, -0.25) is 4.79 Å². The van der Waals surface area contributed by atoms with E-state index in [-0.39, 0.29) is 12.0 Å². The summed E-state index contributed by atoms with van der Waals surface area (Å²) < 4.78 is 22.9. The van der Waals surface area contributed by atoms with Gasteiger partial charge in [0.1, 0.15) is 23.5 Å². The molecule has 0 saturated carbocycles. The third-order valence-electron chi connectivity index (χ3n) is 4.10. The van der Waals surface area contributed by atoms with Crippen LogP contribution in [0, 0.1) is 6.92 Å². The van der Waals surface area contributed by atoms with Crippen LogP contribution in [0.3, 0.4) is 0 Å². The molecule has 0 amide bonds. The van der Waals surface area contributed by atoms with Crippen LogP contribution in [0.4, 0.5) is 0 Å². The lowest BCUT2D eigenvalue weighted by molar-refractivity contribution is 0.303. The van der Waals surface area contributed by atoms with Crippen LogP contribution >= 0.6 is 11.6 Å². The van der Waals surface area contributed by atoms with Gasteiger partial charge in [-0.1, -0.05) is 23.7 Å². The maximum Gasteiger partial charge on any atom is 0.206 e. The second kappa shape index (κ2) is 6.42. The number of hydrogen-bond donors (Lipinski definition) is 0. The molecule has 0 fully saturated rings. The van der Waals surface area contributed by atoms with Crippen molar-refractivity contribution in [3.63, 3.8) is 0 Å². The molecular weight excluding hydrogens is 356 g/mol. The molecule has 0 atom stereocenters. The average molecular weight is 371 g/mol. The van der Waals surface area contributed by atoms with Crippen molar-refractivity contribution in [2.24, 2.45) is 0 Å². The molecule has 4 aromatic rings. The maximum absolute atomic E-state index is 12.6. The minimum atomic E-state index is -0.198. The van der Waals surface area contributed by atoms with Crippen molar-refractivity contribution in [3.8, 4) is 11.5 Å². The molecule has 0 spiro atoms. The highest BCUT2D eigenvalue weighted by Crippen LogP contribution is 2.42. The monoisotopic (exact) mass is 370 g/mol. The molecule has 0 saturated heterocycles. The van der Waals surface area contributed by atoms with Gasteiger partial charge >= 0.3 is 0 Å². The van der Waals surface area contributed by atoms with Crippen LogP contribution in [0.25, 0.3) is 21.9 Å². The predicted molar refractivity (Wildman–Crippen MR) is 99.3 cm³/mol. The summed E-state index contributed by atoms with van der Waals surface area (Å²) in [4.78, 5) is 12.6. The van der Waals surface area contributed by atoms with Crippen molar-refractivity contribution < 1.29 is 18.3 Å². The third kappa shape index (κ3) is 2.70. The average Bonchev–Trinajstić information content (AvgIpc) is 3.08. The van der Waals surface area contributed by atoms with Gasteiger partial charge in [-0.25, -0.2) is 0 Å². The number of benzene rings is 2. The van der Waals surface area contributed by atoms with Crippen LogP contribution in [-0.2, 0) is 6.61 Å². The smallest absolute Gasteiger partial charge is 0.206 e. The van der Waals surface area contributed by atoms with Crippen molar-refractivity contribution in [1.82, 2.24) is 0 Å². The normalized spacial score (nSPS) is 11.2. The zero-order valence-electron chi connectivity index (χ0n) is 14.2. The molecule has 5 nitrogen and oxygen atoms in total. The highest BCUT2D eigenvalue weighted by atomic mass is 35.5. The van der Waals surface area contributed by atoms with Crippen molar-refractivity contribution in [3.05, 3.63) is 69.2 Å². The molecule has 132 valence electrons. The van der Waals surface area contributed by atoms with E-state index in [0.29, 0.717) is 44.2 Å². The lowest BCUT2D eigenvalue weighted by Crippen LogP contribution is -2.05. The number of rotatable bonds is 4. The van der Waals surface area contributed by atoms with Crippen LogP contribution in [0.1, 0.15) is 11.3 Å². The van der Waals surface area contributed by atoms with Gasteiger partial charge < -0.3 is 18.3 Å². The predicted octanol–water partition coefficient (Wildman–Crippen LogP) is 5.09. The number of ether oxygens (including phenoxy) is 2. The van der Waals surface area contributed by atoms with Gasteiger partial charge in [0.05, 0.1) is 18.8 Å². The molecule has 4 rings (SSSR count). The maximum atomic E-state index is 12.6. The first kappa shape index (κ1) is 16.5. The Kier molecular flexibility index (Phi) is 4.09. The Bertz CT molecular complexity index is 1170. The zero-order valence-corrected chi connectivity index (χ0v) is 14.9. The SMILES string of the molecule is COc1c2ccoc2c(OCc2cccc(Cl)c2)c2oc(C)cc(=O)c12. The van der Waals surface area contributed by atoms with Gasteiger partial charge in [0.2, 0.25) is 5.75 Å². The summed E-state index contributed by atoms with van der Waals surface area (Å²) in [5, 5.41) is 1.60. The fourth-order valence-electron chi connectivity index (χ4n) is 3.01. The van der Waals surface area contributed by atoms with Crippen LogP contribution in [0.5, 0.6) is 11.5 Å². The van der Waals surface area contributed by atoms with Crippen molar-refractivity contribution in [2.45, 2.75) is 13.5 Å². The number of methoxy groups -OCH3 is 1. The Morgan fingerprint density at radius 3 is 2.73 bits per heavy atom. The molecule has 0 aliphatic rings. The summed E-state index contributed by atoms with van der Waals surface area (Å²) in [7, 11) is 1.51. The van der Waals surface area contributed by atoms with Crippen LogP contribution < -0.4 is 14.9 Å². The number of fused-ring (bicyclic) bond motifs is 2. The van der Waals surface area contributed by atoms with Gasteiger partial charge in [0.25, 0.3) is 0 Å². The highest BCUT2D eigenvalue weighted by molar-refractivity contribution is 6.30. The quantitative estimate of drug-likeness (QED) is 0.500. The van der Waals surface area contributed by atoms with Crippen molar-refractivity contribution in [2.75, 3.05) is 7.11 Å².